The molecule has 2 amide bonds. The van der Waals surface area contributed by atoms with Gasteiger partial charge in [0.15, 0.2) is 0 Å². The Kier molecular flexibility index (Phi) is 6.50. The van der Waals surface area contributed by atoms with Gasteiger partial charge >= 0.3 is 0 Å². The van der Waals surface area contributed by atoms with Crippen LogP contribution in [-0.2, 0) is 20.9 Å². The number of carbonyl (C=O) groups excluding carboxylic acids is 2. The molecule has 1 atom stereocenters. The summed E-state index contributed by atoms with van der Waals surface area (Å²) in [4.78, 5) is 29.5. The highest BCUT2D eigenvalue weighted by Crippen LogP contribution is 2.26. The number of amides is 2. The fraction of sp³-hybridized carbons (Fsp3) is 0.619. The summed E-state index contributed by atoms with van der Waals surface area (Å²) in [7, 11) is 0. The van der Waals surface area contributed by atoms with Crippen molar-refractivity contribution in [2.45, 2.75) is 51.3 Å². The molecule has 0 spiro atoms. The van der Waals surface area contributed by atoms with E-state index in [1.165, 1.54) is 0 Å². The lowest BCUT2D eigenvalue weighted by Gasteiger charge is -2.43. The molecule has 2 heterocycles. The predicted molar refractivity (Wildman–Crippen MR) is 104 cm³/mol. The summed E-state index contributed by atoms with van der Waals surface area (Å²) in [6, 6.07) is 9.70. The molecule has 2 aliphatic heterocycles. The monoisotopic (exact) mass is 373 g/mol. The van der Waals surface area contributed by atoms with Gasteiger partial charge in [0, 0.05) is 32.7 Å². The molecule has 2 aliphatic rings. The normalized spacial score (nSPS) is 23.1. The molecule has 1 aromatic rings. The SMILES string of the molecule is CCC1(CC)CN(C(=O)C[C@H]2C(=O)NCCN2Cc2ccccc2)CCO1. The highest BCUT2D eigenvalue weighted by Gasteiger charge is 2.38. The minimum atomic E-state index is -0.410. The minimum absolute atomic E-state index is 0.0453. The Morgan fingerprint density at radius 3 is 2.67 bits per heavy atom. The number of piperazine rings is 1. The van der Waals surface area contributed by atoms with Crippen molar-refractivity contribution in [2.24, 2.45) is 0 Å². The van der Waals surface area contributed by atoms with E-state index in [0.29, 0.717) is 32.8 Å². The lowest BCUT2D eigenvalue weighted by Crippen LogP contribution is -2.58. The van der Waals surface area contributed by atoms with Crippen LogP contribution in [0.5, 0.6) is 0 Å². The second kappa shape index (κ2) is 8.85. The van der Waals surface area contributed by atoms with Gasteiger partial charge < -0.3 is 15.0 Å². The predicted octanol–water partition coefficient (Wildman–Crippen LogP) is 1.79. The number of hydrogen-bond acceptors (Lipinski definition) is 4. The maximum absolute atomic E-state index is 13.0. The third-order valence-electron chi connectivity index (χ3n) is 5.93. The van der Waals surface area contributed by atoms with Crippen molar-refractivity contribution in [3.63, 3.8) is 0 Å². The molecular weight excluding hydrogens is 342 g/mol. The first kappa shape index (κ1) is 19.8. The second-order valence-electron chi connectivity index (χ2n) is 7.52. The van der Waals surface area contributed by atoms with Crippen LogP contribution in [-0.4, -0.2) is 66.0 Å². The van der Waals surface area contributed by atoms with E-state index in [1.807, 2.05) is 23.1 Å². The number of nitrogens with zero attached hydrogens (tertiary/aromatic N) is 2. The number of hydrogen-bond donors (Lipinski definition) is 1. The van der Waals surface area contributed by atoms with Gasteiger partial charge in [-0.25, -0.2) is 0 Å². The van der Waals surface area contributed by atoms with Crippen LogP contribution < -0.4 is 5.32 Å². The molecular formula is C21H31N3O3. The Morgan fingerprint density at radius 2 is 1.96 bits per heavy atom. The topological polar surface area (TPSA) is 61.9 Å². The molecule has 1 aromatic carbocycles. The zero-order valence-corrected chi connectivity index (χ0v) is 16.4. The summed E-state index contributed by atoms with van der Waals surface area (Å²) in [5.41, 5.74) is 0.916. The minimum Gasteiger partial charge on any atom is -0.371 e. The van der Waals surface area contributed by atoms with Crippen LogP contribution in [0.15, 0.2) is 30.3 Å². The highest BCUT2D eigenvalue weighted by atomic mass is 16.5. The zero-order valence-electron chi connectivity index (χ0n) is 16.4. The second-order valence-corrected chi connectivity index (χ2v) is 7.52. The Bertz CT molecular complexity index is 645. The number of ether oxygens (including phenoxy) is 1. The van der Waals surface area contributed by atoms with Crippen molar-refractivity contribution in [3.8, 4) is 0 Å². The molecule has 2 saturated heterocycles. The van der Waals surface area contributed by atoms with Crippen LogP contribution in [0, 0.1) is 0 Å². The van der Waals surface area contributed by atoms with Gasteiger partial charge in [0.05, 0.1) is 24.7 Å². The average molecular weight is 373 g/mol. The van der Waals surface area contributed by atoms with E-state index in [1.54, 1.807) is 0 Å². The summed E-state index contributed by atoms with van der Waals surface area (Å²) in [6.07, 6.45) is 2.00. The molecule has 0 aliphatic carbocycles. The van der Waals surface area contributed by atoms with Crippen LogP contribution in [0.2, 0.25) is 0 Å². The van der Waals surface area contributed by atoms with Gasteiger partial charge in [-0.2, -0.15) is 0 Å². The summed E-state index contributed by atoms with van der Waals surface area (Å²) < 4.78 is 5.97. The fourth-order valence-corrected chi connectivity index (χ4v) is 4.02. The van der Waals surface area contributed by atoms with E-state index < -0.39 is 6.04 Å². The zero-order chi connectivity index (χ0) is 19.3. The van der Waals surface area contributed by atoms with Crippen LogP contribution >= 0.6 is 0 Å². The highest BCUT2D eigenvalue weighted by molar-refractivity contribution is 5.89. The molecule has 1 N–H and O–H groups in total. The first-order chi connectivity index (χ1) is 13.1. The fourth-order valence-electron chi connectivity index (χ4n) is 4.02. The molecule has 3 rings (SSSR count). The van der Waals surface area contributed by atoms with Gasteiger partial charge in [-0.15, -0.1) is 0 Å². The first-order valence-corrected chi connectivity index (χ1v) is 10.0. The van der Waals surface area contributed by atoms with Gasteiger partial charge in [-0.3, -0.25) is 14.5 Å². The van der Waals surface area contributed by atoms with Crippen molar-refractivity contribution in [1.29, 1.82) is 0 Å². The largest absolute Gasteiger partial charge is 0.371 e. The van der Waals surface area contributed by atoms with Crippen molar-refractivity contribution >= 4 is 11.8 Å². The van der Waals surface area contributed by atoms with Crippen molar-refractivity contribution in [1.82, 2.24) is 15.1 Å². The number of carbonyl (C=O) groups is 2. The molecule has 2 fully saturated rings. The molecule has 0 radical (unpaired) electrons. The molecule has 6 heteroatoms. The maximum Gasteiger partial charge on any atom is 0.237 e. The standard InChI is InChI=1S/C21H31N3O3/c1-3-21(4-2)16-24(12-13-27-21)19(25)14-18-20(26)22-10-11-23(18)15-17-8-6-5-7-9-17/h5-9,18H,3-4,10-16H2,1-2H3,(H,22,26)/t18-/m0/s1. The van der Waals surface area contributed by atoms with Gasteiger partial charge in [0.1, 0.15) is 0 Å². The van der Waals surface area contributed by atoms with Crippen LogP contribution in [0.1, 0.15) is 38.7 Å². The van der Waals surface area contributed by atoms with E-state index in [9.17, 15) is 9.59 Å². The lowest BCUT2D eigenvalue weighted by atomic mass is 9.94. The van der Waals surface area contributed by atoms with Gasteiger partial charge in [0.2, 0.25) is 11.8 Å². The van der Waals surface area contributed by atoms with E-state index in [-0.39, 0.29) is 23.8 Å². The van der Waals surface area contributed by atoms with Gasteiger partial charge in [-0.1, -0.05) is 44.2 Å². The summed E-state index contributed by atoms with van der Waals surface area (Å²) in [6.45, 7) is 8.07. The molecule has 6 nitrogen and oxygen atoms in total. The smallest absolute Gasteiger partial charge is 0.237 e. The van der Waals surface area contributed by atoms with Gasteiger partial charge in [-0.05, 0) is 18.4 Å². The number of nitrogens with one attached hydrogen (secondary N) is 1. The summed E-state index contributed by atoms with van der Waals surface area (Å²) in [5.74, 6) is 0.000670. The number of benzene rings is 1. The summed E-state index contributed by atoms with van der Waals surface area (Å²) >= 11 is 0. The van der Waals surface area contributed by atoms with Crippen molar-refractivity contribution in [3.05, 3.63) is 35.9 Å². The average Bonchev–Trinajstić information content (AvgIpc) is 2.71. The van der Waals surface area contributed by atoms with Gasteiger partial charge in [0.25, 0.3) is 0 Å². The molecule has 0 unspecified atom stereocenters. The molecule has 148 valence electrons. The number of morpholine rings is 1. The van der Waals surface area contributed by atoms with E-state index in [4.69, 9.17) is 4.74 Å². The van der Waals surface area contributed by atoms with Crippen LogP contribution in [0.4, 0.5) is 0 Å². The van der Waals surface area contributed by atoms with Crippen molar-refractivity contribution < 1.29 is 14.3 Å². The molecule has 0 bridgehead atoms. The Morgan fingerprint density at radius 1 is 1.22 bits per heavy atom. The Labute approximate surface area is 161 Å². The number of rotatable bonds is 6. The van der Waals surface area contributed by atoms with Crippen molar-refractivity contribution in [2.75, 3.05) is 32.8 Å². The third-order valence-corrected chi connectivity index (χ3v) is 5.93. The van der Waals surface area contributed by atoms with E-state index in [0.717, 1.165) is 24.9 Å². The van der Waals surface area contributed by atoms with E-state index in [2.05, 4.69) is 36.2 Å². The van der Waals surface area contributed by atoms with Crippen LogP contribution in [0.25, 0.3) is 0 Å². The summed E-state index contributed by atoms with van der Waals surface area (Å²) in [5, 5.41) is 2.92. The molecule has 0 aromatic heterocycles. The Balaban J connectivity index is 1.67. The molecule has 0 saturated carbocycles. The van der Waals surface area contributed by atoms with E-state index >= 15 is 0 Å². The lowest BCUT2D eigenvalue weighted by molar-refractivity contribution is -0.154. The third kappa shape index (κ3) is 4.68. The Hall–Kier alpha value is -1.92. The van der Waals surface area contributed by atoms with Crippen LogP contribution in [0.3, 0.4) is 0 Å². The molecule has 27 heavy (non-hydrogen) atoms. The maximum atomic E-state index is 13.0. The first-order valence-electron chi connectivity index (χ1n) is 10.0. The quantitative estimate of drug-likeness (QED) is 0.826.